The molecule has 1 aromatic carbocycles. The second-order valence-corrected chi connectivity index (χ2v) is 5.59. The fourth-order valence-electron chi connectivity index (χ4n) is 1.97. The van der Waals surface area contributed by atoms with E-state index in [1.54, 1.807) is 0 Å². The number of hydrogen-bond donors (Lipinski definition) is 1. The van der Waals surface area contributed by atoms with Crippen molar-refractivity contribution >= 4 is 27.5 Å². The molecule has 0 heterocycles. The first-order chi connectivity index (χ1) is 8.58. The minimum absolute atomic E-state index is 0.176. The van der Waals surface area contributed by atoms with Crippen LogP contribution in [0.3, 0.4) is 0 Å². The van der Waals surface area contributed by atoms with Crippen molar-refractivity contribution in [3.63, 3.8) is 0 Å². The molecule has 0 saturated carbocycles. The standard InChI is InChI=1S/C14H21BrClNO/c1-4-17-14(10(3)18-5-2)8-11-6-7-12(15)9-13(11)16/h6-7,9-10,14,17H,4-5,8H2,1-3H3. The van der Waals surface area contributed by atoms with E-state index in [0.29, 0.717) is 0 Å². The Balaban J connectivity index is 2.75. The smallest absolute Gasteiger partial charge is 0.0703 e. The van der Waals surface area contributed by atoms with Crippen molar-refractivity contribution in [1.82, 2.24) is 5.32 Å². The fourth-order valence-corrected chi connectivity index (χ4v) is 2.72. The molecule has 0 bridgehead atoms. The average Bonchev–Trinajstić information content (AvgIpc) is 2.32. The van der Waals surface area contributed by atoms with E-state index >= 15 is 0 Å². The molecule has 1 N–H and O–H groups in total. The van der Waals surface area contributed by atoms with Crippen molar-refractivity contribution in [2.24, 2.45) is 0 Å². The summed E-state index contributed by atoms with van der Waals surface area (Å²) in [5, 5.41) is 4.26. The third kappa shape index (κ3) is 4.88. The van der Waals surface area contributed by atoms with Crippen LogP contribution in [0.4, 0.5) is 0 Å². The number of nitrogens with one attached hydrogen (secondary N) is 1. The lowest BCUT2D eigenvalue weighted by atomic mass is 10.0. The molecule has 1 aromatic rings. The molecule has 2 unspecified atom stereocenters. The summed E-state index contributed by atoms with van der Waals surface area (Å²) in [6, 6.07) is 6.31. The maximum Gasteiger partial charge on any atom is 0.0703 e. The third-order valence-corrected chi connectivity index (χ3v) is 3.76. The molecule has 2 nitrogen and oxygen atoms in total. The van der Waals surface area contributed by atoms with Crippen LogP contribution >= 0.6 is 27.5 Å². The maximum atomic E-state index is 6.26. The van der Waals surface area contributed by atoms with Crippen molar-refractivity contribution in [3.05, 3.63) is 33.3 Å². The monoisotopic (exact) mass is 333 g/mol. The summed E-state index contributed by atoms with van der Waals surface area (Å²) in [4.78, 5) is 0. The van der Waals surface area contributed by atoms with Crippen LogP contribution in [-0.2, 0) is 11.2 Å². The van der Waals surface area contributed by atoms with E-state index in [9.17, 15) is 0 Å². The Morgan fingerprint density at radius 1 is 1.39 bits per heavy atom. The van der Waals surface area contributed by atoms with Gasteiger partial charge in [0.25, 0.3) is 0 Å². The Hall–Kier alpha value is -0.0900. The molecule has 4 heteroatoms. The van der Waals surface area contributed by atoms with Crippen LogP contribution in [0.2, 0.25) is 5.02 Å². The first-order valence-electron chi connectivity index (χ1n) is 6.37. The van der Waals surface area contributed by atoms with Crippen molar-refractivity contribution in [2.75, 3.05) is 13.2 Å². The summed E-state index contributed by atoms with van der Waals surface area (Å²) in [5.74, 6) is 0. The van der Waals surface area contributed by atoms with Crippen molar-refractivity contribution in [1.29, 1.82) is 0 Å². The lowest BCUT2D eigenvalue weighted by molar-refractivity contribution is 0.0480. The van der Waals surface area contributed by atoms with Gasteiger partial charge in [-0.15, -0.1) is 0 Å². The Morgan fingerprint density at radius 2 is 2.11 bits per heavy atom. The molecule has 102 valence electrons. The molecule has 0 aromatic heterocycles. The van der Waals surface area contributed by atoms with Gasteiger partial charge < -0.3 is 10.1 Å². The van der Waals surface area contributed by atoms with Crippen LogP contribution in [0.5, 0.6) is 0 Å². The highest BCUT2D eigenvalue weighted by Gasteiger charge is 2.18. The second-order valence-electron chi connectivity index (χ2n) is 4.26. The van der Waals surface area contributed by atoms with Gasteiger partial charge in [0.05, 0.1) is 6.10 Å². The minimum atomic E-state index is 0.176. The number of ether oxygens (including phenoxy) is 1. The summed E-state index contributed by atoms with van der Waals surface area (Å²) in [6.45, 7) is 7.89. The van der Waals surface area contributed by atoms with E-state index in [4.69, 9.17) is 16.3 Å². The zero-order chi connectivity index (χ0) is 13.5. The van der Waals surface area contributed by atoms with E-state index in [-0.39, 0.29) is 12.1 Å². The zero-order valence-corrected chi connectivity index (χ0v) is 13.5. The summed E-state index contributed by atoms with van der Waals surface area (Å²) in [7, 11) is 0. The second kappa shape index (κ2) is 8.16. The quantitative estimate of drug-likeness (QED) is 0.812. The fraction of sp³-hybridized carbons (Fsp3) is 0.571. The van der Waals surface area contributed by atoms with Crippen molar-refractivity contribution < 1.29 is 4.74 Å². The van der Waals surface area contributed by atoms with E-state index in [1.807, 2.05) is 19.1 Å². The molecule has 0 fully saturated rings. The molecule has 0 amide bonds. The minimum Gasteiger partial charge on any atom is -0.377 e. The topological polar surface area (TPSA) is 21.3 Å². The molecule has 0 aliphatic carbocycles. The molecule has 0 aliphatic rings. The highest BCUT2D eigenvalue weighted by molar-refractivity contribution is 9.10. The molecule has 0 saturated heterocycles. The first-order valence-corrected chi connectivity index (χ1v) is 7.54. The highest BCUT2D eigenvalue weighted by atomic mass is 79.9. The van der Waals surface area contributed by atoms with Crippen LogP contribution in [-0.4, -0.2) is 25.3 Å². The summed E-state index contributed by atoms with van der Waals surface area (Å²) in [6.07, 6.45) is 1.05. The predicted molar refractivity (Wildman–Crippen MR) is 81.4 cm³/mol. The number of rotatable bonds is 7. The van der Waals surface area contributed by atoms with E-state index in [1.165, 1.54) is 0 Å². The SMILES string of the molecule is CCNC(Cc1ccc(Br)cc1Cl)C(C)OCC. The Morgan fingerprint density at radius 3 is 2.67 bits per heavy atom. The van der Waals surface area contributed by atoms with Gasteiger partial charge in [0.2, 0.25) is 0 Å². The van der Waals surface area contributed by atoms with Crippen molar-refractivity contribution in [3.8, 4) is 0 Å². The van der Waals surface area contributed by atoms with Gasteiger partial charge in [0.1, 0.15) is 0 Å². The normalized spacial score (nSPS) is 14.5. The molecule has 18 heavy (non-hydrogen) atoms. The number of halogens is 2. The van der Waals surface area contributed by atoms with Crippen LogP contribution in [0.1, 0.15) is 26.3 Å². The number of likely N-dealkylation sites (N-methyl/N-ethyl adjacent to an activating group) is 1. The number of benzene rings is 1. The van der Waals surface area contributed by atoms with Gasteiger partial charge in [0.15, 0.2) is 0 Å². The molecule has 0 radical (unpaired) electrons. The van der Waals surface area contributed by atoms with Crippen LogP contribution in [0, 0.1) is 0 Å². The van der Waals surface area contributed by atoms with E-state index < -0.39 is 0 Å². The Bertz CT molecular complexity index is 373. The Kier molecular flexibility index (Phi) is 7.23. The molecule has 0 spiro atoms. The van der Waals surface area contributed by atoms with Gasteiger partial charge >= 0.3 is 0 Å². The molecule has 1 rings (SSSR count). The molecule has 0 aliphatic heterocycles. The summed E-state index contributed by atoms with van der Waals surface area (Å²) in [5.41, 5.74) is 1.15. The van der Waals surface area contributed by atoms with Gasteiger partial charge in [-0.25, -0.2) is 0 Å². The summed E-state index contributed by atoms with van der Waals surface area (Å²) < 4.78 is 6.69. The average molecular weight is 335 g/mol. The van der Waals surface area contributed by atoms with Crippen LogP contribution < -0.4 is 5.32 Å². The first kappa shape index (κ1) is 16.0. The van der Waals surface area contributed by atoms with Gasteiger partial charge in [0, 0.05) is 22.1 Å². The highest BCUT2D eigenvalue weighted by Crippen LogP contribution is 2.23. The van der Waals surface area contributed by atoms with Gasteiger partial charge in [-0.3, -0.25) is 0 Å². The van der Waals surface area contributed by atoms with E-state index in [0.717, 1.165) is 34.6 Å². The largest absolute Gasteiger partial charge is 0.377 e. The lowest BCUT2D eigenvalue weighted by Gasteiger charge is -2.25. The van der Waals surface area contributed by atoms with Crippen molar-refractivity contribution in [2.45, 2.75) is 39.3 Å². The molecule has 2 atom stereocenters. The van der Waals surface area contributed by atoms with Crippen LogP contribution in [0.15, 0.2) is 22.7 Å². The predicted octanol–water partition coefficient (Wildman–Crippen LogP) is 4.05. The van der Waals surface area contributed by atoms with E-state index in [2.05, 4.69) is 41.2 Å². The maximum absolute atomic E-state index is 6.26. The van der Waals surface area contributed by atoms with Gasteiger partial charge in [-0.1, -0.05) is 40.5 Å². The van der Waals surface area contributed by atoms with Crippen LogP contribution in [0.25, 0.3) is 0 Å². The lowest BCUT2D eigenvalue weighted by Crippen LogP contribution is -2.41. The van der Waals surface area contributed by atoms with Gasteiger partial charge in [-0.05, 0) is 44.5 Å². The third-order valence-electron chi connectivity index (χ3n) is 2.92. The summed E-state index contributed by atoms with van der Waals surface area (Å²) >= 11 is 9.68. The van der Waals surface area contributed by atoms with Gasteiger partial charge in [-0.2, -0.15) is 0 Å². The molecular formula is C14H21BrClNO. The zero-order valence-electron chi connectivity index (χ0n) is 11.2. The molecular weight excluding hydrogens is 314 g/mol. The Labute approximate surface area is 123 Å². The number of hydrogen-bond acceptors (Lipinski definition) is 2.